The van der Waals surface area contributed by atoms with Crippen LogP contribution in [0.25, 0.3) is 0 Å². The van der Waals surface area contributed by atoms with Gasteiger partial charge in [0.05, 0.1) is 5.92 Å². The summed E-state index contributed by atoms with van der Waals surface area (Å²) in [6.45, 7) is 3.38. The van der Waals surface area contributed by atoms with Crippen LogP contribution in [-0.4, -0.2) is 44.0 Å². The molecule has 1 aliphatic heterocycles. The van der Waals surface area contributed by atoms with Gasteiger partial charge in [0.15, 0.2) is 5.96 Å². The fourth-order valence-electron chi connectivity index (χ4n) is 2.99. The van der Waals surface area contributed by atoms with E-state index in [9.17, 15) is 4.79 Å². The van der Waals surface area contributed by atoms with Gasteiger partial charge in [0.1, 0.15) is 0 Å². The Morgan fingerprint density at radius 3 is 2.91 bits per heavy atom. The molecule has 1 aromatic rings. The highest BCUT2D eigenvalue weighted by molar-refractivity contribution is 5.79. The summed E-state index contributed by atoms with van der Waals surface area (Å²) in [6.07, 6.45) is 1.95. The molecular formula is C17H27N5O. The van der Waals surface area contributed by atoms with Gasteiger partial charge in [0.25, 0.3) is 0 Å². The van der Waals surface area contributed by atoms with Crippen LogP contribution in [0.4, 0.5) is 0 Å². The Morgan fingerprint density at radius 2 is 2.22 bits per heavy atom. The van der Waals surface area contributed by atoms with E-state index in [2.05, 4.69) is 44.8 Å². The highest BCUT2D eigenvalue weighted by atomic mass is 16.1. The molecule has 4 N–H and O–H groups in total. The highest BCUT2D eigenvalue weighted by Crippen LogP contribution is 2.18. The molecule has 1 atom stereocenters. The minimum Gasteiger partial charge on any atom is -0.369 e. The molecule has 1 fully saturated rings. The van der Waals surface area contributed by atoms with Crippen molar-refractivity contribution in [3.8, 4) is 0 Å². The van der Waals surface area contributed by atoms with Crippen LogP contribution in [0.3, 0.4) is 0 Å². The van der Waals surface area contributed by atoms with Gasteiger partial charge in [-0.2, -0.15) is 0 Å². The first-order valence-electron chi connectivity index (χ1n) is 8.10. The molecule has 1 heterocycles. The van der Waals surface area contributed by atoms with Crippen molar-refractivity contribution in [2.75, 3.05) is 27.2 Å². The van der Waals surface area contributed by atoms with Crippen molar-refractivity contribution in [3.05, 3.63) is 35.4 Å². The predicted octanol–water partition coefficient (Wildman–Crippen LogP) is 0.679. The van der Waals surface area contributed by atoms with E-state index in [-0.39, 0.29) is 11.8 Å². The lowest BCUT2D eigenvalue weighted by molar-refractivity contribution is -0.123. The zero-order chi connectivity index (χ0) is 16.7. The maximum atomic E-state index is 11.4. The van der Waals surface area contributed by atoms with Crippen LogP contribution in [0.1, 0.15) is 24.0 Å². The van der Waals surface area contributed by atoms with Crippen LogP contribution in [0.5, 0.6) is 0 Å². The minimum absolute atomic E-state index is 0.00690. The molecule has 1 unspecified atom stereocenters. The van der Waals surface area contributed by atoms with Crippen LogP contribution < -0.4 is 16.4 Å². The number of guanidine groups is 1. The van der Waals surface area contributed by atoms with Gasteiger partial charge in [-0.25, -0.2) is 0 Å². The molecule has 0 spiro atoms. The zero-order valence-corrected chi connectivity index (χ0v) is 14.0. The van der Waals surface area contributed by atoms with E-state index in [1.165, 1.54) is 11.1 Å². The Hall–Kier alpha value is -2.08. The Morgan fingerprint density at radius 1 is 1.43 bits per heavy atom. The number of carbonyl (C=O) groups excluding carboxylic acids is 1. The maximum Gasteiger partial charge on any atom is 0.221 e. The van der Waals surface area contributed by atoms with Crippen molar-refractivity contribution in [1.82, 2.24) is 15.5 Å². The lowest BCUT2D eigenvalue weighted by Gasteiger charge is -2.31. The molecule has 0 radical (unpaired) electrons. The summed E-state index contributed by atoms with van der Waals surface area (Å²) < 4.78 is 0. The zero-order valence-electron chi connectivity index (χ0n) is 14.0. The number of primary amides is 1. The Bertz CT molecular complexity index is 558. The van der Waals surface area contributed by atoms with Crippen molar-refractivity contribution < 1.29 is 4.79 Å². The number of hydrogen-bond acceptors (Lipinski definition) is 3. The van der Waals surface area contributed by atoms with Gasteiger partial charge in [0.2, 0.25) is 5.91 Å². The molecule has 126 valence electrons. The van der Waals surface area contributed by atoms with Crippen LogP contribution in [0.2, 0.25) is 0 Å². The predicted molar refractivity (Wildman–Crippen MR) is 92.9 cm³/mol. The number of carbonyl (C=O) groups is 1. The third-order valence-corrected chi connectivity index (χ3v) is 4.23. The number of nitrogens with two attached hydrogens (primary N) is 1. The van der Waals surface area contributed by atoms with E-state index in [4.69, 9.17) is 5.73 Å². The van der Waals surface area contributed by atoms with E-state index in [0.717, 1.165) is 45.0 Å². The number of piperidine rings is 1. The molecule has 1 aromatic carbocycles. The second-order valence-corrected chi connectivity index (χ2v) is 5.97. The summed E-state index contributed by atoms with van der Waals surface area (Å²) in [4.78, 5) is 17.8. The normalized spacial score (nSPS) is 19.4. The Labute approximate surface area is 138 Å². The second kappa shape index (κ2) is 8.53. The first-order chi connectivity index (χ1) is 11.1. The van der Waals surface area contributed by atoms with Crippen LogP contribution in [0, 0.1) is 5.92 Å². The molecule has 0 bridgehead atoms. The molecule has 6 heteroatoms. The van der Waals surface area contributed by atoms with Crippen molar-refractivity contribution in [1.29, 1.82) is 0 Å². The smallest absolute Gasteiger partial charge is 0.221 e. The topological polar surface area (TPSA) is 82.8 Å². The summed E-state index contributed by atoms with van der Waals surface area (Å²) >= 11 is 0. The van der Waals surface area contributed by atoms with E-state index in [0.29, 0.717) is 0 Å². The standard InChI is InChI=1S/C17H27N5O/c1-19-17(20-2)21-10-13-5-3-6-14(9-13)11-22-8-4-7-15(12-22)16(18)23/h3,5-6,9,15H,4,7-8,10-12H2,1-2H3,(H2,18,23)(H2,19,20,21). The minimum atomic E-state index is -0.175. The Kier molecular flexibility index (Phi) is 6.40. The van der Waals surface area contributed by atoms with Crippen molar-refractivity contribution in [3.63, 3.8) is 0 Å². The number of rotatable bonds is 5. The Balaban J connectivity index is 1.93. The SMILES string of the molecule is CN=C(NC)NCc1cccc(CN2CCCC(C(N)=O)C2)c1. The highest BCUT2D eigenvalue weighted by Gasteiger charge is 2.23. The second-order valence-electron chi connectivity index (χ2n) is 5.97. The monoisotopic (exact) mass is 317 g/mol. The average Bonchev–Trinajstić information content (AvgIpc) is 2.56. The largest absolute Gasteiger partial charge is 0.369 e. The third kappa shape index (κ3) is 5.25. The fourth-order valence-corrected chi connectivity index (χ4v) is 2.99. The molecule has 2 rings (SSSR count). The van der Waals surface area contributed by atoms with Crippen molar-refractivity contribution in [2.45, 2.75) is 25.9 Å². The van der Waals surface area contributed by atoms with Gasteiger partial charge in [-0.05, 0) is 30.5 Å². The molecule has 1 amide bonds. The number of benzene rings is 1. The molecule has 1 aliphatic rings. The lowest BCUT2D eigenvalue weighted by atomic mass is 9.97. The summed E-state index contributed by atoms with van der Waals surface area (Å²) in [7, 11) is 3.60. The van der Waals surface area contributed by atoms with Crippen molar-refractivity contribution >= 4 is 11.9 Å². The summed E-state index contributed by atoms with van der Waals surface area (Å²) in [5.74, 6) is 0.592. The molecule has 0 aliphatic carbocycles. The van der Waals surface area contributed by atoms with Crippen LogP contribution in [0.15, 0.2) is 29.3 Å². The number of aliphatic imine (C=N–C) groups is 1. The first-order valence-corrected chi connectivity index (χ1v) is 8.10. The van der Waals surface area contributed by atoms with E-state index < -0.39 is 0 Å². The fraction of sp³-hybridized carbons (Fsp3) is 0.529. The number of likely N-dealkylation sites (tertiary alicyclic amines) is 1. The summed E-state index contributed by atoms with van der Waals surface area (Å²) in [5.41, 5.74) is 7.92. The molecule has 0 aromatic heterocycles. The summed E-state index contributed by atoms with van der Waals surface area (Å²) in [5, 5.41) is 6.26. The van der Waals surface area contributed by atoms with Crippen molar-refractivity contribution in [2.24, 2.45) is 16.6 Å². The molecular weight excluding hydrogens is 290 g/mol. The number of nitrogens with zero attached hydrogens (tertiary/aromatic N) is 2. The van der Waals surface area contributed by atoms with Crippen LogP contribution in [-0.2, 0) is 17.9 Å². The third-order valence-electron chi connectivity index (χ3n) is 4.23. The molecule has 6 nitrogen and oxygen atoms in total. The quantitative estimate of drug-likeness (QED) is 0.551. The maximum absolute atomic E-state index is 11.4. The molecule has 1 saturated heterocycles. The van der Waals surface area contributed by atoms with Gasteiger partial charge < -0.3 is 16.4 Å². The van der Waals surface area contributed by atoms with Gasteiger partial charge >= 0.3 is 0 Å². The lowest BCUT2D eigenvalue weighted by Crippen LogP contribution is -2.40. The van der Waals surface area contributed by atoms with E-state index in [1.54, 1.807) is 7.05 Å². The van der Waals surface area contributed by atoms with Gasteiger partial charge in [-0.1, -0.05) is 24.3 Å². The van der Waals surface area contributed by atoms with Gasteiger partial charge in [-0.15, -0.1) is 0 Å². The summed E-state index contributed by atoms with van der Waals surface area (Å²) in [6, 6.07) is 8.50. The number of amides is 1. The average molecular weight is 317 g/mol. The van der Waals surface area contributed by atoms with Gasteiger partial charge in [0, 0.05) is 33.7 Å². The first kappa shape index (κ1) is 17.3. The van der Waals surface area contributed by atoms with E-state index in [1.807, 2.05) is 7.05 Å². The van der Waals surface area contributed by atoms with E-state index >= 15 is 0 Å². The molecule has 23 heavy (non-hydrogen) atoms. The van der Waals surface area contributed by atoms with Crippen LogP contribution >= 0.6 is 0 Å². The molecule has 0 saturated carbocycles. The number of nitrogens with one attached hydrogen (secondary N) is 2. The number of hydrogen-bond donors (Lipinski definition) is 3. The van der Waals surface area contributed by atoms with Gasteiger partial charge in [-0.3, -0.25) is 14.7 Å².